The summed E-state index contributed by atoms with van der Waals surface area (Å²) in [5, 5.41) is 2.60. The number of hydrogen-bond acceptors (Lipinski definition) is 4. The third-order valence-electron chi connectivity index (χ3n) is 5.00. The first-order chi connectivity index (χ1) is 15.0. The molecule has 1 aliphatic heterocycles. The maximum absolute atomic E-state index is 13.1. The van der Waals surface area contributed by atoms with E-state index in [0.29, 0.717) is 22.8 Å². The number of carbonyl (C=O) groups is 2. The summed E-state index contributed by atoms with van der Waals surface area (Å²) < 4.78 is 18.6. The quantitative estimate of drug-likeness (QED) is 0.599. The summed E-state index contributed by atoms with van der Waals surface area (Å²) in [5.41, 5.74) is 3.60. The zero-order valence-corrected chi connectivity index (χ0v) is 17.9. The lowest BCUT2D eigenvalue weighted by Gasteiger charge is -2.26. The highest BCUT2D eigenvalue weighted by molar-refractivity contribution is 8.00. The van der Waals surface area contributed by atoms with E-state index >= 15 is 0 Å². The van der Waals surface area contributed by atoms with Crippen molar-refractivity contribution in [2.75, 3.05) is 23.1 Å². The fourth-order valence-electron chi connectivity index (χ4n) is 3.49. The summed E-state index contributed by atoms with van der Waals surface area (Å²) in [6, 6.07) is 18.5. The molecule has 0 aromatic heterocycles. The molecule has 0 spiro atoms. The zero-order chi connectivity index (χ0) is 22.0. The third kappa shape index (κ3) is 4.41. The number of benzene rings is 3. The molecule has 0 radical (unpaired) electrons. The molecular formula is C24H21FN2O3S. The van der Waals surface area contributed by atoms with Crippen LogP contribution >= 0.6 is 11.8 Å². The largest absolute Gasteiger partial charge is 0.495 e. The average Bonchev–Trinajstić information content (AvgIpc) is 3.15. The van der Waals surface area contributed by atoms with Crippen LogP contribution in [0.5, 0.6) is 5.75 Å². The Labute approximate surface area is 184 Å². The minimum atomic E-state index is -0.395. The molecular weight excluding hydrogens is 415 g/mol. The summed E-state index contributed by atoms with van der Waals surface area (Å²) in [6.07, 6.45) is 0. The standard InChI is InChI=1S/C24H21FN2O3S/c1-15-6-11-21(30-2)20(12-15)27-22(28)14-31-24(27)17-4-3-5-19(13-17)26-23(29)16-7-9-18(25)10-8-16/h3-13,24H,14H2,1-2H3,(H,26,29)/t24-/m0/s1. The van der Waals surface area contributed by atoms with Gasteiger partial charge in [0, 0.05) is 11.3 Å². The molecule has 1 heterocycles. The summed E-state index contributed by atoms with van der Waals surface area (Å²) in [7, 11) is 1.59. The van der Waals surface area contributed by atoms with Gasteiger partial charge >= 0.3 is 0 Å². The van der Waals surface area contributed by atoms with Gasteiger partial charge < -0.3 is 10.1 Å². The molecule has 4 rings (SSSR count). The Morgan fingerprint density at radius 2 is 1.90 bits per heavy atom. The fourth-order valence-corrected chi connectivity index (χ4v) is 4.65. The van der Waals surface area contributed by atoms with Crippen LogP contribution in [0.3, 0.4) is 0 Å². The second-order valence-electron chi connectivity index (χ2n) is 7.19. The van der Waals surface area contributed by atoms with Crippen molar-refractivity contribution in [2.24, 2.45) is 0 Å². The third-order valence-corrected chi connectivity index (χ3v) is 6.21. The van der Waals surface area contributed by atoms with Crippen LogP contribution in [-0.4, -0.2) is 24.7 Å². The number of rotatable bonds is 5. The Morgan fingerprint density at radius 1 is 1.13 bits per heavy atom. The van der Waals surface area contributed by atoms with Gasteiger partial charge in [-0.3, -0.25) is 14.5 Å². The van der Waals surface area contributed by atoms with E-state index in [9.17, 15) is 14.0 Å². The van der Waals surface area contributed by atoms with E-state index in [1.54, 1.807) is 18.1 Å². The number of ether oxygens (including phenoxy) is 1. The molecule has 1 N–H and O–H groups in total. The summed E-state index contributed by atoms with van der Waals surface area (Å²) >= 11 is 1.52. The van der Waals surface area contributed by atoms with Crippen LogP contribution in [0.2, 0.25) is 0 Å². The number of hydrogen-bond donors (Lipinski definition) is 1. The van der Waals surface area contributed by atoms with Gasteiger partial charge in [-0.05, 0) is 66.6 Å². The molecule has 3 aromatic rings. The van der Waals surface area contributed by atoms with Gasteiger partial charge in [-0.2, -0.15) is 0 Å². The molecule has 1 fully saturated rings. The molecule has 0 saturated carbocycles. The van der Waals surface area contributed by atoms with Crippen LogP contribution in [0.15, 0.2) is 66.7 Å². The molecule has 1 saturated heterocycles. The van der Waals surface area contributed by atoms with Crippen LogP contribution in [0, 0.1) is 12.7 Å². The highest BCUT2D eigenvalue weighted by Gasteiger charge is 2.35. The average molecular weight is 437 g/mol. The van der Waals surface area contributed by atoms with E-state index in [2.05, 4.69) is 5.32 Å². The molecule has 0 unspecified atom stereocenters. The first kappa shape index (κ1) is 20.9. The highest BCUT2D eigenvalue weighted by atomic mass is 32.2. The van der Waals surface area contributed by atoms with E-state index < -0.39 is 5.82 Å². The lowest BCUT2D eigenvalue weighted by atomic mass is 10.1. The summed E-state index contributed by atoms with van der Waals surface area (Å²) in [6.45, 7) is 1.97. The van der Waals surface area contributed by atoms with Crippen molar-refractivity contribution < 1.29 is 18.7 Å². The second-order valence-corrected chi connectivity index (χ2v) is 8.26. The maximum atomic E-state index is 13.1. The van der Waals surface area contributed by atoms with Crippen LogP contribution in [0.4, 0.5) is 15.8 Å². The monoisotopic (exact) mass is 436 g/mol. The smallest absolute Gasteiger partial charge is 0.255 e. The van der Waals surface area contributed by atoms with Crippen molar-refractivity contribution in [3.05, 3.63) is 89.2 Å². The van der Waals surface area contributed by atoms with Crippen LogP contribution in [-0.2, 0) is 4.79 Å². The number of nitrogens with one attached hydrogen (secondary N) is 1. The first-order valence-electron chi connectivity index (χ1n) is 9.71. The van der Waals surface area contributed by atoms with Gasteiger partial charge in [0.2, 0.25) is 5.91 Å². The van der Waals surface area contributed by atoms with Crippen molar-refractivity contribution in [2.45, 2.75) is 12.3 Å². The van der Waals surface area contributed by atoms with Gasteiger partial charge in [-0.1, -0.05) is 18.2 Å². The van der Waals surface area contributed by atoms with Crippen LogP contribution in [0.1, 0.15) is 26.9 Å². The summed E-state index contributed by atoms with van der Waals surface area (Å²) in [5.74, 6) is 0.262. The number of halogens is 1. The maximum Gasteiger partial charge on any atom is 0.255 e. The van der Waals surface area contributed by atoms with E-state index in [4.69, 9.17) is 4.74 Å². The Kier molecular flexibility index (Phi) is 5.95. The lowest BCUT2D eigenvalue weighted by Crippen LogP contribution is -2.28. The van der Waals surface area contributed by atoms with E-state index in [1.807, 2.05) is 43.3 Å². The highest BCUT2D eigenvalue weighted by Crippen LogP contribution is 2.45. The predicted octanol–water partition coefficient (Wildman–Crippen LogP) is 5.17. The fraction of sp³-hybridized carbons (Fsp3) is 0.167. The lowest BCUT2D eigenvalue weighted by molar-refractivity contribution is -0.115. The zero-order valence-electron chi connectivity index (χ0n) is 17.1. The molecule has 7 heteroatoms. The molecule has 2 amide bonds. The molecule has 0 bridgehead atoms. The SMILES string of the molecule is COc1ccc(C)cc1N1C(=O)CS[C@H]1c1cccc(NC(=O)c2ccc(F)cc2)c1. The van der Waals surface area contributed by atoms with Crippen LogP contribution in [0.25, 0.3) is 0 Å². The number of anilines is 2. The number of thioether (sulfide) groups is 1. The Balaban J connectivity index is 1.62. The van der Waals surface area contributed by atoms with Gasteiger partial charge in [0.1, 0.15) is 16.9 Å². The van der Waals surface area contributed by atoms with E-state index in [-0.39, 0.29) is 17.2 Å². The molecule has 3 aromatic carbocycles. The number of carbonyl (C=O) groups excluding carboxylic acids is 2. The van der Waals surface area contributed by atoms with Gasteiger partial charge in [0.05, 0.1) is 18.6 Å². The first-order valence-corrected chi connectivity index (χ1v) is 10.8. The summed E-state index contributed by atoms with van der Waals surface area (Å²) in [4.78, 5) is 27.0. The molecule has 0 aliphatic carbocycles. The number of methoxy groups -OCH3 is 1. The van der Waals surface area contributed by atoms with Gasteiger partial charge in [0.15, 0.2) is 0 Å². The Morgan fingerprint density at radius 3 is 2.65 bits per heavy atom. The van der Waals surface area contributed by atoms with Gasteiger partial charge in [0.25, 0.3) is 5.91 Å². The van der Waals surface area contributed by atoms with Gasteiger partial charge in [-0.25, -0.2) is 4.39 Å². The minimum absolute atomic E-state index is 0.000323. The molecule has 31 heavy (non-hydrogen) atoms. The van der Waals surface area contributed by atoms with E-state index in [1.165, 1.54) is 36.0 Å². The number of nitrogens with zero attached hydrogens (tertiary/aromatic N) is 1. The van der Waals surface area contributed by atoms with E-state index in [0.717, 1.165) is 16.8 Å². The van der Waals surface area contributed by atoms with Crippen molar-refractivity contribution in [3.8, 4) is 5.75 Å². The molecule has 1 atom stereocenters. The second kappa shape index (κ2) is 8.81. The van der Waals surface area contributed by atoms with Crippen LogP contribution < -0.4 is 15.0 Å². The van der Waals surface area contributed by atoms with Crippen molar-refractivity contribution in [3.63, 3.8) is 0 Å². The van der Waals surface area contributed by atoms with Gasteiger partial charge in [-0.15, -0.1) is 11.8 Å². The molecule has 5 nitrogen and oxygen atoms in total. The van der Waals surface area contributed by atoms with Crippen molar-refractivity contribution >= 4 is 35.0 Å². The molecule has 158 valence electrons. The number of amides is 2. The topological polar surface area (TPSA) is 58.6 Å². The minimum Gasteiger partial charge on any atom is -0.495 e. The Bertz CT molecular complexity index is 1130. The van der Waals surface area contributed by atoms with Crippen molar-refractivity contribution in [1.82, 2.24) is 0 Å². The predicted molar refractivity (Wildman–Crippen MR) is 121 cm³/mol. The molecule has 1 aliphatic rings. The number of aryl methyl sites for hydroxylation is 1. The Hall–Kier alpha value is -3.32. The normalized spacial score (nSPS) is 15.8. The van der Waals surface area contributed by atoms with Crippen molar-refractivity contribution in [1.29, 1.82) is 0 Å².